The number of methoxy groups -OCH3 is 2. The van der Waals surface area contributed by atoms with Crippen molar-refractivity contribution in [2.24, 2.45) is 0 Å². The molecule has 0 spiro atoms. The Bertz CT molecular complexity index is 1250. The number of hydrogen-bond acceptors (Lipinski definition) is 5. The highest BCUT2D eigenvalue weighted by Gasteiger charge is 2.26. The summed E-state index contributed by atoms with van der Waals surface area (Å²) < 4.78 is 50.5. The molecular formula is C23H22ClFN2O5S. The first-order valence-electron chi connectivity index (χ1n) is 9.67. The molecule has 0 aromatic heterocycles. The number of ether oxygens (including phenoxy) is 2. The Labute approximate surface area is 196 Å². The highest BCUT2D eigenvalue weighted by atomic mass is 35.5. The third kappa shape index (κ3) is 5.94. The number of amides is 1. The molecule has 174 valence electrons. The van der Waals surface area contributed by atoms with Crippen LogP contribution in [0.5, 0.6) is 11.5 Å². The van der Waals surface area contributed by atoms with E-state index in [1.807, 2.05) is 0 Å². The molecule has 0 saturated carbocycles. The summed E-state index contributed by atoms with van der Waals surface area (Å²) in [5.41, 5.74) is 1.11. The maximum Gasteiger partial charge on any atom is 0.257 e. The summed E-state index contributed by atoms with van der Waals surface area (Å²) in [6.07, 6.45) is 1.04. The molecule has 0 atom stereocenters. The zero-order valence-electron chi connectivity index (χ0n) is 18.1. The second-order valence-electron chi connectivity index (χ2n) is 7.08. The predicted molar refractivity (Wildman–Crippen MR) is 126 cm³/mol. The summed E-state index contributed by atoms with van der Waals surface area (Å²) in [6.45, 7) is -0.0533. The Kier molecular flexibility index (Phi) is 7.45. The molecule has 0 aliphatic heterocycles. The largest absolute Gasteiger partial charge is 0.493 e. The molecule has 7 nitrogen and oxygen atoms in total. The van der Waals surface area contributed by atoms with Gasteiger partial charge in [-0.2, -0.15) is 0 Å². The van der Waals surface area contributed by atoms with Crippen molar-refractivity contribution in [2.75, 3.05) is 30.1 Å². The van der Waals surface area contributed by atoms with Gasteiger partial charge >= 0.3 is 0 Å². The second-order valence-corrected chi connectivity index (χ2v) is 9.42. The van der Waals surface area contributed by atoms with Crippen LogP contribution in [0.15, 0.2) is 60.7 Å². The van der Waals surface area contributed by atoms with Crippen LogP contribution in [0.2, 0.25) is 5.02 Å². The fourth-order valence-corrected chi connectivity index (χ4v) is 4.14. The molecular weight excluding hydrogens is 471 g/mol. The van der Waals surface area contributed by atoms with E-state index in [0.29, 0.717) is 16.3 Å². The lowest BCUT2D eigenvalue weighted by Gasteiger charge is -2.26. The minimum absolute atomic E-state index is 0.0244. The van der Waals surface area contributed by atoms with E-state index in [1.165, 1.54) is 50.6 Å². The number of carbonyl (C=O) groups is 1. The van der Waals surface area contributed by atoms with Crippen molar-refractivity contribution in [3.8, 4) is 11.5 Å². The number of halogens is 2. The third-order valence-electron chi connectivity index (χ3n) is 4.76. The number of nitrogens with zero attached hydrogens (tertiary/aromatic N) is 1. The van der Waals surface area contributed by atoms with E-state index in [-0.39, 0.29) is 29.3 Å². The molecule has 0 aliphatic carbocycles. The van der Waals surface area contributed by atoms with Gasteiger partial charge in [0.05, 0.1) is 38.3 Å². The Morgan fingerprint density at radius 1 is 1.00 bits per heavy atom. The van der Waals surface area contributed by atoms with Crippen LogP contribution in [0.3, 0.4) is 0 Å². The van der Waals surface area contributed by atoms with Crippen LogP contribution in [0, 0.1) is 5.82 Å². The zero-order chi connectivity index (χ0) is 24.2. The smallest absolute Gasteiger partial charge is 0.257 e. The average molecular weight is 493 g/mol. The lowest BCUT2D eigenvalue weighted by Crippen LogP contribution is -2.31. The van der Waals surface area contributed by atoms with E-state index in [1.54, 1.807) is 24.3 Å². The molecule has 0 unspecified atom stereocenters. The number of hydrogen-bond donors (Lipinski definition) is 1. The first-order valence-corrected chi connectivity index (χ1v) is 11.9. The minimum Gasteiger partial charge on any atom is -0.493 e. The molecule has 0 heterocycles. The molecule has 0 radical (unpaired) electrons. The lowest BCUT2D eigenvalue weighted by atomic mass is 10.1. The SMILES string of the molecule is COc1cc(C(=O)Nc2ccc(F)cc2)c(N(Cc2ccc(Cl)cc2)S(C)(=O)=O)cc1OC. The van der Waals surface area contributed by atoms with Crippen molar-refractivity contribution in [1.82, 2.24) is 0 Å². The standard InChI is InChI=1S/C23H22ClFN2O5S/c1-31-21-12-19(23(28)26-18-10-8-17(25)9-11-18)20(13-22(21)32-2)27(33(3,29)30)14-15-4-6-16(24)7-5-15/h4-13H,14H2,1-3H3,(H,26,28). The van der Waals surface area contributed by atoms with Crippen LogP contribution in [0.1, 0.15) is 15.9 Å². The van der Waals surface area contributed by atoms with Gasteiger partial charge in [-0.3, -0.25) is 9.10 Å². The van der Waals surface area contributed by atoms with Crippen molar-refractivity contribution in [3.05, 3.63) is 82.6 Å². The molecule has 0 bridgehead atoms. The summed E-state index contributed by atoms with van der Waals surface area (Å²) in [7, 11) is -1.02. The monoisotopic (exact) mass is 492 g/mol. The summed E-state index contributed by atoms with van der Waals surface area (Å²) in [6, 6.07) is 14.7. The number of sulfonamides is 1. The van der Waals surface area contributed by atoms with Crippen LogP contribution in [0.4, 0.5) is 15.8 Å². The van der Waals surface area contributed by atoms with Gasteiger partial charge in [-0.15, -0.1) is 0 Å². The van der Waals surface area contributed by atoms with Gasteiger partial charge in [0.15, 0.2) is 11.5 Å². The van der Waals surface area contributed by atoms with Gasteiger partial charge in [-0.1, -0.05) is 23.7 Å². The third-order valence-corrected chi connectivity index (χ3v) is 6.14. The molecule has 3 aromatic rings. The van der Waals surface area contributed by atoms with E-state index in [9.17, 15) is 17.6 Å². The predicted octanol–water partition coefficient (Wildman–Crippen LogP) is 4.71. The second kappa shape index (κ2) is 10.1. The molecule has 1 N–H and O–H groups in total. The van der Waals surface area contributed by atoms with Crippen LogP contribution in [0.25, 0.3) is 0 Å². The van der Waals surface area contributed by atoms with Crippen molar-refractivity contribution in [3.63, 3.8) is 0 Å². The van der Waals surface area contributed by atoms with Crippen molar-refractivity contribution < 1.29 is 27.1 Å². The highest BCUT2D eigenvalue weighted by Crippen LogP contribution is 2.37. The molecule has 3 aromatic carbocycles. The fraction of sp³-hybridized carbons (Fsp3) is 0.174. The Morgan fingerprint density at radius 2 is 1.58 bits per heavy atom. The van der Waals surface area contributed by atoms with Gasteiger partial charge < -0.3 is 14.8 Å². The molecule has 10 heteroatoms. The Hall–Kier alpha value is -3.30. The minimum atomic E-state index is -3.83. The van der Waals surface area contributed by atoms with Crippen molar-refractivity contribution in [2.45, 2.75) is 6.54 Å². The van der Waals surface area contributed by atoms with Gasteiger partial charge in [0.25, 0.3) is 5.91 Å². The van der Waals surface area contributed by atoms with Gasteiger partial charge in [-0.05, 0) is 48.0 Å². The van der Waals surface area contributed by atoms with Gasteiger partial charge in [-0.25, -0.2) is 12.8 Å². The zero-order valence-corrected chi connectivity index (χ0v) is 19.7. The van der Waals surface area contributed by atoms with E-state index in [2.05, 4.69) is 5.32 Å². The number of nitrogens with one attached hydrogen (secondary N) is 1. The maximum atomic E-state index is 13.2. The van der Waals surface area contributed by atoms with E-state index in [0.717, 1.165) is 10.6 Å². The first-order chi connectivity index (χ1) is 15.6. The average Bonchev–Trinajstić information content (AvgIpc) is 2.78. The fourth-order valence-electron chi connectivity index (χ4n) is 3.12. The van der Waals surface area contributed by atoms with Crippen LogP contribution < -0.4 is 19.1 Å². The van der Waals surface area contributed by atoms with Crippen molar-refractivity contribution >= 4 is 38.9 Å². The van der Waals surface area contributed by atoms with E-state index < -0.39 is 21.7 Å². The van der Waals surface area contributed by atoms with Crippen LogP contribution in [-0.2, 0) is 16.6 Å². The molecule has 1 amide bonds. The highest BCUT2D eigenvalue weighted by molar-refractivity contribution is 7.92. The van der Waals surface area contributed by atoms with Gasteiger partial charge in [0, 0.05) is 16.8 Å². The van der Waals surface area contributed by atoms with E-state index in [4.69, 9.17) is 21.1 Å². The number of carbonyl (C=O) groups excluding carboxylic acids is 1. The number of rotatable bonds is 8. The normalized spacial score (nSPS) is 11.1. The summed E-state index contributed by atoms with van der Waals surface area (Å²) in [5, 5.41) is 3.16. The molecule has 0 aliphatic rings. The summed E-state index contributed by atoms with van der Waals surface area (Å²) in [5.74, 6) is -0.575. The van der Waals surface area contributed by atoms with Crippen LogP contribution in [-0.4, -0.2) is 34.8 Å². The van der Waals surface area contributed by atoms with Crippen LogP contribution >= 0.6 is 11.6 Å². The molecule has 0 saturated heterocycles. The summed E-state index contributed by atoms with van der Waals surface area (Å²) in [4.78, 5) is 13.2. The molecule has 33 heavy (non-hydrogen) atoms. The molecule has 3 rings (SSSR count). The van der Waals surface area contributed by atoms with Crippen molar-refractivity contribution in [1.29, 1.82) is 0 Å². The van der Waals surface area contributed by atoms with Gasteiger partial charge in [0.2, 0.25) is 10.0 Å². The van der Waals surface area contributed by atoms with E-state index >= 15 is 0 Å². The quantitative estimate of drug-likeness (QED) is 0.492. The lowest BCUT2D eigenvalue weighted by molar-refractivity contribution is 0.102. The first kappa shape index (κ1) is 24.3. The maximum absolute atomic E-state index is 13.2. The molecule has 0 fully saturated rings. The van der Waals surface area contributed by atoms with Gasteiger partial charge in [0.1, 0.15) is 5.82 Å². The summed E-state index contributed by atoms with van der Waals surface area (Å²) >= 11 is 5.94. The Balaban J connectivity index is 2.12. The Morgan fingerprint density at radius 3 is 2.12 bits per heavy atom. The topological polar surface area (TPSA) is 84.9 Å². The number of benzene rings is 3. The number of anilines is 2.